The molecule has 0 aliphatic heterocycles. The van der Waals surface area contributed by atoms with Gasteiger partial charge in [0.1, 0.15) is 12.4 Å². The molecular weight excluding hydrogens is 414 g/mol. The fourth-order valence-corrected chi connectivity index (χ4v) is 5.71. The number of hydrogen-bond donors (Lipinski definition) is 0. The maximum Gasteiger partial charge on any atom is 0.252 e. The lowest BCUT2D eigenvalue weighted by atomic mass is 10.2. The van der Waals surface area contributed by atoms with E-state index in [2.05, 4.69) is 49.9 Å². The van der Waals surface area contributed by atoms with E-state index in [1.807, 2.05) is 61.6 Å². The van der Waals surface area contributed by atoms with Crippen molar-refractivity contribution < 1.29 is 14.0 Å². The smallest absolute Gasteiger partial charge is 0.252 e. The molecular formula is C27H32NO3Si. The fourth-order valence-electron chi connectivity index (χ4n) is 3.45. The third-order valence-corrected chi connectivity index (χ3v) is 7.91. The highest BCUT2D eigenvalue weighted by Crippen LogP contribution is 2.28. The molecule has 1 radical (unpaired) electrons. The Morgan fingerprint density at radius 3 is 2.22 bits per heavy atom. The molecule has 167 valence electrons. The molecule has 5 heteroatoms. The average molecular weight is 447 g/mol. The van der Waals surface area contributed by atoms with Crippen LogP contribution in [0.2, 0.25) is 5.04 Å². The number of likely N-dealkylation sites (N-methyl/N-ethyl adjacent to an activating group) is 1. The van der Waals surface area contributed by atoms with Crippen molar-refractivity contribution in [1.82, 2.24) is 0 Å². The van der Waals surface area contributed by atoms with Gasteiger partial charge >= 0.3 is 0 Å². The molecule has 4 nitrogen and oxygen atoms in total. The topological polar surface area (TPSA) is 38.8 Å². The predicted molar refractivity (Wildman–Crippen MR) is 133 cm³/mol. The second-order valence-corrected chi connectivity index (χ2v) is 11.9. The number of ether oxygens (including phenoxy) is 1. The summed E-state index contributed by atoms with van der Waals surface area (Å²) in [6.07, 6.45) is 0.838. The highest BCUT2D eigenvalue weighted by atomic mass is 28.3. The van der Waals surface area contributed by atoms with Crippen molar-refractivity contribution in [3.05, 3.63) is 90.0 Å². The van der Waals surface area contributed by atoms with Gasteiger partial charge in [-0.3, -0.25) is 4.79 Å². The first-order valence-electron chi connectivity index (χ1n) is 10.9. The van der Waals surface area contributed by atoms with Crippen LogP contribution < -0.4 is 14.8 Å². The second kappa shape index (κ2) is 11.1. The molecule has 0 spiro atoms. The van der Waals surface area contributed by atoms with E-state index in [-0.39, 0.29) is 5.04 Å². The normalized spacial score (nSPS) is 11.4. The molecule has 0 atom stereocenters. The van der Waals surface area contributed by atoms with Gasteiger partial charge in [-0.05, 0) is 27.9 Å². The van der Waals surface area contributed by atoms with Gasteiger partial charge in [0.2, 0.25) is 0 Å². The predicted octanol–water partition coefficient (Wildman–Crippen LogP) is 5.23. The Balaban J connectivity index is 1.64. The molecule has 0 bridgehead atoms. The van der Waals surface area contributed by atoms with E-state index in [0.717, 1.165) is 24.1 Å². The molecule has 0 aromatic heterocycles. The zero-order valence-electron chi connectivity index (χ0n) is 19.4. The average Bonchev–Trinajstić information content (AvgIpc) is 2.80. The minimum Gasteiger partial charge on any atom is -0.488 e. The Morgan fingerprint density at radius 2 is 1.59 bits per heavy atom. The molecule has 0 aliphatic rings. The lowest BCUT2D eigenvalue weighted by molar-refractivity contribution is 0.111. The standard InChI is InChI=1S/C27H32NO3Si/c1-27(2,3)32(25-13-9-6-10-14-25)31-18-17-28(4)24-16-15-23(20-29)26(19-24)30-21-22-11-7-5-8-12-22/h5-16,19-20H,17-18,21H2,1-4H3. The summed E-state index contributed by atoms with van der Waals surface area (Å²) in [7, 11) is 0.864. The summed E-state index contributed by atoms with van der Waals surface area (Å²) < 4.78 is 12.4. The van der Waals surface area contributed by atoms with Crippen LogP contribution in [0.4, 0.5) is 5.69 Å². The monoisotopic (exact) mass is 446 g/mol. The summed E-state index contributed by atoms with van der Waals surface area (Å²) in [5.41, 5.74) is 2.61. The Bertz CT molecular complexity index is 987. The second-order valence-electron chi connectivity index (χ2n) is 8.83. The van der Waals surface area contributed by atoms with Gasteiger partial charge < -0.3 is 14.1 Å². The van der Waals surface area contributed by atoms with Gasteiger partial charge in [-0.2, -0.15) is 0 Å². The molecule has 32 heavy (non-hydrogen) atoms. The van der Waals surface area contributed by atoms with E-state index in [1.165, 1.54) is 5.19 Å². The largest absolute Gasteiger partial charge is 0.488 e. The third-order valence-electron chi connectivity index (χ3n) is 5.19. The summed E-state index contributed by atoms with van der Waals surface area (Å²) in [5.74, 6) is 0.595. The quantitative estimate of drug-likeness (QED) is 0.316. The first kappa shape index (κ1) is 23.8. The Kier molecular flexibility index (Phi) is 8.25. The van der Waals surface area contributed by atoms with E-state index in [9.17, 15) is 4.79 Å². The highest BCUT2D eigenvalue weighted by molar-refractivity contribution is 6.70. The van der Waals surface area contributed by atoms with Gasteiger partial charge in [-0.1, -0.05) is 81.4 Å². The lowest BCUT2D eigenvalue weighted by Crippen LogP contribution is -2.43. The van der Waals surface area contributed by atoms with Crippen molar-refractivity contribution in [2.75, 3.05) is 25.1 Å². The first-order chi connectivity index (χ1) is 15.4. The van der Waals surface area contributed by atoms with Crippen molar-refractivity contribution in [2.45, 2.75) is 32.4 Å². The van der Waals surface area contributed by atoms with Gasteiger partial charge in [0.05, 0.1) is 12.2 Å². The molecule has 0 amide bonds. The van der Waals surface area contributed by atoms with Crippen LogP contribution in [0.25, 0.3) is 0 Å². The number of carbonyl (C=O) groups is 1. The summed E-state index contributed by atoms with van der Waals surface area (Å²) >= 11 is 0. The minimum atomic E-state index is -1.17. The van der Waals surface area contributed by atoms with Crippen LogP contribution in [-0.2, 0) is 11.0 Å². The Hall–Kier alpha value is -2.89. The maximum atomic E-state index is 11.5. The van der Waals surface area contributed by atoms with Crippen LogP contribution >= 0.6 is 0 Å². The van der Waals surface area contributed by atoms with Crippen LogP contribution in [0.3, 0.4) is 0 Å². The molecule has 3 aromatic carbocycles. The summed E-state index contributed by atoms with van der Waals surface area (Å²) in [5, 5.41) is 1.38. The molecule has 0 saturated carbocycles. The van der Waals surface area contributed by atoms with Crippen molar-refractivity contribution in [3.8, 4) is 5.75 Å². The Labute approximate surface area is 193 Å². The number of rotatable bonds is 10. The van der Waals surface area contributed by atoms with E-state index in [1.54, 1.807) is 0 Å². The third kappa shape index (κ3) is 6.55. The number of carbonyl (C=O) groups excluding carboxylic acids is 1. The van der Waals surface area contributed by atoms with Crippen LogP contribution in [0.15, 0.2) is 78.9 Å². The van der Waals surface area contributed by atoms with Gasteiger partial charge in [0, 0.05) is 25.3 Å². The van der Waals surface area contributed by atoms with E-state index in [0.29, 0.717) is 24.5 Å². The molecule has 0 unspecified atom stereocenters. The molecule has 0 aliphatic carbocycles. The summed E-state index contributed by atoms with van der Waals surface area (Å²) in [4.78, 5) is 13.6. The number of hydrogen-bond acceptors (Lipinski definition) is 4. The molecule has 0 fully saturated rings. The Morgan fingerprint density at radius 1 is 0.938 bits per heavy atom. The maximum absolute atomic E-state index is 11.5. The van der Waals surface area contributed by atoms with Crippen molar-refractivity contribution in [2.24, 2.45) is 0 Å². The van der Waals surface area contributed by atoms with Crippen molar-refractivity contribution in [1.29, 1.82) is 0 Å². The molecule has 0 N–H and O–H groups in total. The van der Waals surface area contributed by atoms with Crippen LogP contribution in [0, 0.1) is 0 Å². The van der Waals surface area contributed by atoms with Gasteiger partial charge in [0.25, 0.3) is 9.04 Å². The van der Waals surface area contributed by atoms with E-state index >= 15 is 0 Å². The van der Waals surface area contributed by atoms with Crippen LogP contribution in [0.1, 0.15) is 36.7 Å². The SMILES string of the molecule is CN(CCO[Si](c1ccccc1)C(C)(C)C)c1ccc(C=O)c(OCc2ccccc2)c1. The van der Waals surface area contributed by atoms with Crippen LogP contribution in [0.5, 0.6) is 5.75 Å². The van der Waals surface area contributed by atoms with Crippen LogP contribution in [-0.4, -0.2) is 35.5 Å². The zero-order chi connectivity index (χ0) is 23.0. The lowest BCUT2D eigenvalue weighted by Gasteiger charge is -2.29. The van der Waals surface area contributed by atoms with E-state index < -0.39 is 9.04 Å². The number of nitrogens with zero attached hydrogens (tertiary/aromatic N) is 1. The van der Waals surface area contributed by atoms with Gasteiger partial charge in [0.15, 0.2) is 6.29 Å². The molecule has 0 heterocycles. The van der Waals surface area contributed by atoms with Gasteiger partial charge in [-0.25, -0.2) is 0 Å². The summed E-state index contributed by atoms with van der Waals surface area (Å²) in [6, 6.07) is 26.2. The number of benzene rings is 3. The number of aldehydes is 1. The van der Waals surface area contributed by atoms with Gasteiger partial charge in [-0.15, -0.1) is 0 Å². The van der Waals surface area contributed by atoms with Crippen molar-refractivity contribution in [3.63, 3.8) is 0 Å². The zero-order valence-corrected chi connectivity index (χ0v) is 20.4. The number of anilines is 1. The van der Waals surface area contributed by atoms with Crippen molar-refractivity contribution >= 4 is 26.2 Å². The molecule has 0 saturated heterocycles. The highest BCUT2D eigenvalue weighted by Gasteiger charge is 2.30. The minimum absolute atomic E-state index is 0.0919. The first-order valence-corrected chi connectivity index (χ1v) is 12.3. The molecule has 3 rings (SSSR count). The van der Waals surface area contributed by atoms with E-state index in [4.69, 9.17) is 9.16 Å². The summed E-state index contributed by atoms with van der Waals surface area (Å²) in [6.45, 7) is 8.53. The molecule has 3 aromatic rings. The fraction of sp³-hybridized carbons (Fsp3) is 0.296.